The number of nitrogens with one attached hydrogen (secondary N) is 1. The van der Waals surface area contributed by atoms with E-state index in [1.165, 1.54) is 0 Å². The molecule has 4 nitrogen and oxygen atoms in total. The van der Waals surface area contributed by atoms with Crippen molar-refractivity contribution in [3.63, 3.8) is 0 Å². The quantitative estimate of drug-likeness (QED) is 0.350. The summed E-state index contributed by atoms with van der Waals surface area (Å²) >= 11 is 18.7. The molecular formula is C28H29Cl3N2O2. The predicted molar refractivity (Wildman–Crippen MR) is 144 cm³/mol. The number of carbonyl (C=O) groups is 2. The van der Waals surface area contributed by atoms with E-state index in [1.807, 2.05) is 57.2 Å². The molecule has 3 aromatic carbocycles. The van der Waals surface area contributed by atoms with Crippen LogP contribution in [-0.4, -0.2) is 28.3 Å². The van der Waals surface area contributed by atoms with E-state index in [0.29, 0.717) is 27.1 Å². The molecule has 0 spiro atoms. The van der Waals surface area contributed by atoms with Crippen LogP contribution < -0.4 is 5.32 Å². The summed E-state index contributed by atoms with van der Waals surface area (Å²) in [5.74, 6) is -0.436. The maximum atomic E-state index is 13.7. The summed E-state index contributed by atoms with van der Waals surface area (Å²) in [5.41, 5.74) is 1.96. The van der Waals surface area contributed by atoms with Crippen LogP contribution in [0.1, 0.15) is 37.5 Å². The van der Waals surface area contributed by atoms with Crippen LogP contribution in [0, 0.1) is 0 Å². The highest BCUT2D eigenvalue weighted by molar-refractivity contribution is 6.35. The van der Waals surface area contributed by atoms with Gasteiger partial charge >= 0.3 is 0 Å². The summed E-state index contributed by atoms with van der Waals surface area (Å²) < 4.78 is 0. The van der Waals surface area contributed by atoms with Gasteiger partial charge in [-0.25, -0.2) is 0 Å². The Morgan fingerprint density at radius 3 is 2.14 bits per heavy atom. The summed E-state index contributed by atoms with van der Waals surface area (Å²) in [5, 5.41) is 4.54. The van der Waals surface area contributed by atoms with E-state index in [0.717, 1.165) is 11.1 Å². The lowest BCUT2D eigenvalue weighted by Crippen LogP contribution is -2.54. The van der Waals surface area contributed by atoms with E-state index in [2.05, 4.69) is 5.32 Å². The average molecular weight is 532 g/mol. The van der Waals surface area contributed by atoms with Gasteiger partial charge in [-0.15, -0.1) is 0 Å². The third kappa shape index (κ3) is 8.28. The molecule has 1 atom stereocenters. The molecule has 35 heavy (non-hydrogen) atoms. The van der Waals surface area contributed by atoms with E-state index in [1.54, 1.807) is 41.3 Å². The van der Waals surface area contributed by atoms with Gasteiger partial charge in [0.25, 0.3) is 0 Å². The Kier molecular flexibility index (Phi) is 9.23. The number of nitrogens with zero attached hydrogens (tertiary/aromatic N) is 1. The van der Waals surface area contributed by atoms with Crippen molar-refractivity contribution in [1.29, 1.82) is 0 Å². The number of rotatable bonds is 8. The largest absolute Gasteiger partial charge is 0.350 e. The van der Waals surface area contributed by atoms with Crippen molar-refractivity contribution in [2.45, 2.75) is 51.7 Å². The van der Waals surface area contributed by atoms with Gasteiger partial charge in [0, 0.05) is 33.6 Å². The molecule has 3 rings (SSSR count). The van der Waals surface area contributed by atoms with Crippen LogP contribution in [0.5, 0.6) is 0 Å². The average Bonchev–Trinajstić information content (AvgIpc) is 2.77. The second-order valence-electron chi connectivity index (χ2n) is 9.51. The Balaban J connectivity index is 2.02. The lowest BCUT2D eigenvalue weighted by molar-refractivity contribution is -0.141. The Labute approximate surface area is 222 Å². The first-order valence-corrected chi connectivity index (χ1v) is 12.5. The molecule has 7 heteroatoms. The third-order valence-electron chi connectivity index (χ3n) is 5.37. The molecule has 0 saturated carbocycles. The molecule has 1 N–H and O–H groups in total. The van der Waals surface area contributed by atoms with Crippen molar-refractivity contribution in [1.82, 2.24) is 10.2 Å². The highest BCUT2D eigenvalue weighted by atomic mass is 35.5. The van der Waals surface area contributed by atoms with Gasteiger partial charge < -0.3 is 10.2 Å². The second kappa shape index (κ2) is 11.9. The van der Waals surface area contributed by atoms with Gasteiger partial charge in [-0.2, -0.15) is 0 Å². The zero-order valence-corrected chi connectivity index (χ0v) is 22.3. The fourth-order valence-corrected chi connectivity index (χ4v) is 4.44. The minimum absolute atomic E-state index is 0.0971. The summed E-state index contributed by atoms with van der Waals surface area (Å²) in [6, 6.07) is 21.2. The number of carbonyl (C=O) groups excluding carboxylic acids is 2. The fraction of sp³-hybridized carbons (Fsp3) is 0.286. The lowest BCUT2D eigenvalue weighted by Gasteiger charge is -2.34. The first kappa shape index (κ1) is 27.1. The van der Waals surface area contributed by atoms with Crippen LogP contribution in [0.15, 0.2) is 72.8 Å². The summed E-state index contributed by atoms with van der Waals surface area (Å²) in [7, 11) is 0. The Morgan fingerprint density at radius 1 is 0.857 bits per heavy atom. The Bertz CT molecular complexity index is 1180. The molecule has 184 valence electrons. The van der Waals surface area contributed by atoms with E-state index >= 15 is 0 Å². The maximum absolute atomic E-state index is 13.7. The summed E-state index contributed by atoms with van der Waals surface area (Å²) in [6.07, 6.45) is 0.453. The highest BCUT2D eigenvalue weighted by Gasteiger charge is 2.32. The van der Waals surface area contributed by atoms with Gasteiger partial charge in [0.15, 0.2) is 0 Å². The molecule has 0 aliphatic heterocycles. The molecular weight excluding hydrogens is 503 g/mol. The minimum atomic E-state index is -0.755. The van der Waals surface area contributed by atoms with Crippen molar-refractivity contribution in [3.05, 3.63) is 105 Å². The summed E-state index contributed by atoms with van der Waals surface area (Å²) in [4.78, 5) is 28.9. The minimum Gasteiger partial charge on any atom is -0.350 e. The predicted octanol–water partition coefficient (Wildman–Crippen LogP) is 6.74. The van der Waals surface area contributed by atoms with E-state index in [4.69, 9.17) is 34.8 Å². The SMILES string of the molecule is CC(C)(C)NC(=O)[C@@H](Cc1ccccc1)N(Cc1ccc(Cl)cc1Cl)C(=O)Cc1cccc(Cl)c1. The number of hydrogen-bond donors (Lipinski definition) is 1. The van der Waals surface area contributed by atoms with Gasteiger partial charge in [0.2, 0.25) is 11.8 Å². The van der Waals surface area contributed by atoms with Crippen LogP contribution >= 0.6 is 34.8 Å². The van der Waals surface area contributed by atoms with Crippen LogP contribution in [0.2, 0.25) is 15.1 Å². The fourth-order valence-electron chi connectivity index (χ4n) is 3.76. The molecule has 0 fully saturated rings. The van der Waals surface area contributed by atoms with Crippen molar-refractivity contribution in [3.8, 4) is 0 Å². The van der Waals surface area contributed by atoms with Gasteiger partial charge in [-0.3, -0.25) is 9.59 Å². The normalized spacial score (nSPS) is 12.2. The van der Waals surface area contributed by atoms with Crippen LogP contribution in [0.3, 0.4) is 0 Å². The smallest absolute Gasteiger partial charge is 0.243 e. The van der Waals surface area contributed by atoms with Crippen molar-refractivity contribution in [2.24, 2.45) is 0 Å². The molecule has 0 heterocycles. The first-order chi connectivity index (χ1) is 16.5. The van der Waals surface area contributed by atoms with E-state index in [9.17, 15) is 9.59 Å². The molecule has 2 amide bonds. The molecule has 0 saturated heterocycles. The van der Waals surface area contributed by atoms with Gasteiger partial charge in [0.1, 0.15) is 6.04 Å². The van der Waals surface area contributed by atoms with Crippen LogP contribution in [0.4, 0.5) is 0 Å². The molecule has 0 unspecified atom stereocenters. The zero-order chi connectivity index (χ0) is 25.6. The third-order valence-corrected chi connectivity index (χ3v) is 6.19. The van der Waals surface area contributed by atoms with Crippen molar-refractivity contribution >= 4 is 46.6 Å². The standard InChI is InChI=1S/C28H29Cl3N2O2/c1-28(2,3)32-27(35)25(15-19-8-5-4-6-9-19)33(18-21-12-13-23(30)17-24(21)31)26(34)16-20-10-7-11-22(29)14-20/h4-14,17,25H,15-16,18H2,1-3H3,(H,32,35)/t25-/m1/s1. The van der Waals surface area contributed by atoms with Crippen molar-refractivity contribution < 1.29 is 9.59 Å². The van der Waals surface area contributed by atoms with E-state index < -0.39 is 11.6 Å². The topological polar surface area (TPSA) is 49.4 Å². The number of hydrogen-bond acceptors (Lipinski definition) is 2. The number of benzene rings is 3. The van der Waals surface area contributed by atoms with Gasteiger partial charge in [0.05, 0.1) is 6.42 Å². The summed E-state index contributed by atoms with van der Waals surface area (Å²) in [6.45, 7) is 5.90. The van der Waals surface area contributed by atoms with Crippen molar-refractivity contribution in [2.75, 3.05) is 0 Å². The zero-order valence-electron chi connectivity index (χ0n) is 20.0. The van der Waals surface area contributed by atoms with Crippen LogP contribution in [-0.2, 0) is 29.0 Å². The second-order valence-corrected chi connectivity index (χ2v) is 10.8. The molecule has 0 aromatic heterocycles. The Hall–Kier alpha value is -2.53. The van der Waals surface area contributed by atoms with Gasteiger partial charge in [-0.1, -0.05) is 83.3 Å². The van der Waals surface area contributed by atoms with E-state index in [-0.39, 0.29) is 24.8 Å². The maximum Gasteiger partial charge on any atom is 0.243 e. The number of halogens is 3. The number of amides is 2. The molecule has 3 aromatic rings. The highest BCUT2D eigenvalue weighted by Crippen LogP contribution is 2.25. The molecule has 0 aliphatic rings. The molecule has 0 bridgehead atoms. The molecule has 0 aliphatic carbocycles. The first-order valence-electron chi connectivity index (χ1n) is 11.4. The molecule has 0 radical (unpaired) electrons. The monoisotopic (exact) mass is 530 g/mol. The Morgan fingerprint density at radius 2 is 1.51 bits per heavy atom. The van der Waals surface area contributed by atoms with Gasteiger partial charge in [-0.05, 0) is 61.7 Å². The lowest BCUT2D eigenvalue weighted by atomic mass is 10.00. The van der Waals surface area contributed by atoms with Crippen LogP contribution in [0.25, 0.3) is 0 Å².